The van der Waals surface area contributed by atoms with Gasteiger partial charge in [-0.05, 0) is 70.6 Å². The van der Waals surface area contributed by atoms with Gasteiger partial charge in [-0.1, -0.05) is 35.6 Å². The lowest BCUT2D eigenvalue weighted by Gasteiger charge is -2.07. The Balaban J connectivity index is 0.000000188. The highest BCUT2D eigenvalue weighted by atomic mass is 79.9. The molecule has 0 fully saturated rings. The van der Waals surface area contributed by atoms with E-state index < -0.39 is 0 Å². The first-order valence-electron chi connectivity index (χ1n) is 9.59. The van der Waals surface area contributed by atoms with Crippen molar-refractivity contribution in [1.82, 2.24) is 9.97 Å². The van der Waals surface area contributed by atoms with Crippen molar-refractivity contribution in [2.45, 2.75) is 25.9 Å². The third kappa shape index (κ3) is 4.95. The molecule has 0 atom stereocenters. The van der Waals surface area contributed by atoms with Crippen molar-refractivity contribution in [3.8, 4) is 5.75 Å². The number of pyridine rings is 1. The molecule has 0 amide bonds. The number of nitrogens with one attached hydrogen (secondary N) is 1. The summed E-state index contributed by atoms with van der Waals surface area (Å²) in [5.74, 6) is 0.840. The van der Waals surface area contributed by atoms with Crippen LogP contribution in [-0.2, 0) is 19.4 Å². The lowest BCUT2D eigenvalue weighted by Crippen LogP contribution is -1.96. The molecule has 0 unspecified atom stereocenters. The topological polar surface area (TPSA) is 47.0 Å². The average Bonchev–Trinajstić information content (AvgIpc) is 3.39. The number of anilines is 1. The Kier molecular flexibility index (Phi) is 6.42. The van der Waals surface area contributed by atoms with Crippen LogP contribution in [0.1, 0.15) is 23.1 Å². The second-order valence-corrected chi connectivity index (χ2v) is 8.66. The van der Waals surface area contributed by atoms with Crippen LogP contribution in [0.5, 0.6) is 5.75 Å². The summed E-state index contributed by atoms with van der Waals surface area (Å²) in [6.07, 6.45) is 7.49. The Hall–Kier alpha value is -2.44. The molecule has 1 aliphatic rings. The standard InChI is InChI=1S/C14H12BrN3OS.C9H10/c1-16-14-18-12-3-2-10(6-13(12)20-14)19-8-9-4-5-17-7-11(9)15;1-2-5-9-7-3-6-8(9)4-1/h2-7H,8H2,1H3,(H,16,18);1-2,4-5H,3,6-7H2. The maximum atomic E-state index is 5.82. The molecule has 0 spiro atoms. The Bertz CT molecular complexity index is 1090. The van der Waals surface area contributed by atoms with Gasteiger partial charge in [0.05, 0.1) is 10.2 Å². The summed E-state index contributed by atoms with van der Waals surface area (Å²) in [5.41, 5.74) is 5.19. The van der Waals surface area contributed by atoms with Gasteiger partial charge in [-0.2, -0.15) is 0 Å². The van der Waals surface area contributed by atoms with Crippen LogP contribution in [0, 0.1) is 0 Å². The van der Waals surface area contributed by atoms with E-state index in [0.29, 0.717) is 6.61 Å². The molecule has 148 valence electrons. The molecule has 4 nitrogen and oxygen atoms in total. The average molecular weight is 468 g/mol. The number of hydrogen-bond acceptors (Lipinski definition) is 5. The Morgan fingerprint density at radius 1 is 1.10 bits per heavy atom. The van der Waals surface area contributed by atoms with E-state index in [-0.39, 0.29) is 0 Å². The van der Waals surface area contributed by atoms with Crippen LogP contribution in [0.25, 0.3) is 10.2 Å². The third-order valence-electron chi connectivity index (χ3n) is 4.84. The highest BCUT2D eigenvalue weighted by Crippen LogP contribution is 2.29. The van der Waals surface area contributed by atoms with Gasteiger partial charge in [0.1, 0.15) is 12.4 Å². The molecule has 6 heteroatoms. The summed E-state index contributed by atoms with van der Waals surface area (Å²) in [7, 11) is 1.87. The molecular weight excluding hydrogens is 446 g/mol. The van der Waals surface area contributed by atoms with Gasteiger partial charge in [0.2, 0.25) is 0 Å². The Labute approximate surface area is 183 Å². The molecule has 29 heavy (non-hydrogen) atoms. The SMILES string of the molecule is CNc1nc2ccc(OCc3ccncc3Br)cc2s1.c1ccc2c(c1)CCC2. The number of aryl methyl sites for hydroxylation is 2. The second-order valence-electron chi connectivity index (χ2n) is 6.78. The fourth-order valence-electron chi connectivity index (χ4n) is 3.30. The summed E-state index contributed by atoms with van der Waals surface area (Å²) in [6, 6.07) is 16.6. The number of benzene rings is 2. The van der Waals surface area contributed by atoms with Crippen LogP contribution in [0.2, 0.25) is 0 Å². The molecule has 0 saturated heterocycles. The van der Waals surface area contributed by atoms with Crippen LogP contribution < -0.4 is 10.1 Å². The highest BCUT2D eigenvalue weighted by Gasteiger charge is 2.07. The van der Waals surface area contributed by atoms with Crippen molar-refractivity contribution in [3.05, 3.63) is 82.1 Å². The van der Waals surface area contributed by atoms with Gasteiger partial charge in [0.25, 0.3) is 0 Å². The molecule has 5 rings (SSSR count). The van der Waals surface area contributed by atoms with E-state index in [0.717, 1.165) is 31.1 Å². The van der Waals surface area contributed by atoms with Gasteiger partial charge < -0.3 is 10.1 Å². The van der Waals surface area contributed by atoms with E-state index in [1.54, 1.807) is 34.9 Å². The van der Waals surface area contributed by atoms with Crippen molar-refractivity contribution in [2.24, 2.45) is 0 Å². The van der Waals surface area contributed by atoms with E-state index in [1.807, 2.05) is 31.3 Å². The third-order valence-corrected chi connectivity index (χ3v) is 6.58. The zero-order valence-electron chi connectivity index (χ0n) is 16.2. The molecule has 2 heterocycles. The van der Waals surface area contributed by atoms with Crippen molar-refractivity contribution < 1.29 is 4.74 Å². The number of thiazole rings is 1. The number of fused-ring (bicyclic) bond motifs is 2. The minimum atomic E-state index is 0.506. The quantitative estimate of drug-likeness (QED) is 0.385. The molecule has 0 saturated carbocycles. The van der Waals surface area contributed by atoms with Crippen LogP contribution in [-0.4, -0.2) is 17.0 Å². The highest BCUT2D eigenvalue weighted by molar-refractivity contribution is 9.10. The molecule has 2 aromatic heterocycles. The van der Waals surface area contributed by atoms with Gasteiger partial charge in [-0.15, -0.1) is 0 Å². The van der Waals surface area contributed by atoms with Gasteiger partial charge in [0, 0.05) is 29.5 Å². The number of nitrogens with zero attached hydrogens (tertiary/aromatic N) is 2. The Morgan fingerprint density at radius 2 is 1.90 bits per heavy atom. The molecular formula is C23H22BrN3OS. The summed E-state index contributed by atoms with van der Waals surface area (Å²) < 4.78 is 7.89. The minimum absolute atomic E-state index is 0.506. The second kappa shape index (κ2) is 9.37. The van der Waals surface area contributed by atoms with Crippen LogP contribution in [0.3, 0.4) is 0 Å². The first kappa shape index (κ1) is 19.9. The smallest absolute Gasteiger partial charge is 0.183 e. The van der Waals surface area contributed by atoms with Crippen LogP contribution in [0.15, 0.2) is 65.4 Å². The van der Waals surface area contributed by atoms with E-state index in [9.17, 15) is 0 Å². The first-order chi connectivity index (χ1) is 14.2. The Morgan fingerprint density at radius 3 is 2.62 bits per heavy atom. The van der Waals surface area contributed by atoms with E-state index in [4.69, 9.17) is 4.74 Å². The van der Waals surface area contributed by atoms with Gasteiger partial charge in [-0.25, -0.2) is 4.98 Å². The zero-order valence-corrected chi connectivity index (χ0v) is 18.6. The molecule has 4 aromatic rings. The molecule has 0 bridgehead atoms. The monoisotopic (exact) mass is 467 g/mol. The van der Waals surface area contributed by atoms with Crippen LogP contribution in [0.4, 0.5) is 5.13 Å². The molecule has 0 radical (unpaired) electrons. The first-order valence-corrected chi connectivity index (χ1v) is 11.2. The normalized spacial score (nSPS) is 12.2. The summed E-state index contributed by atoms with van der Waals surface area (Å²) >= 11 is 5.08. The largest absolute Gasteiger partial charge is 0.489 e. The minimum Gasteiger partial charge on any atom is -0.489 e. The number of hydrogen-bond donors (Lipinski definition) is 1. The fourth-order valence-corrected chi connectivity index (χ4v) is 4.51. The predicted octanol–water partition coefficient (Wildman–Crippen LogP) is 6.25. The van der Waals surface area contributed by atoms with E-state index >= 15 is 0 Å². The number of rotatable bonds is 4. The van der Waals surface area contributed by atoms with Crippen molar-refractivity contribution >= 4 is 42.6 Å². The van der Waals surface area contributed by atoms with Gasteiger partial charge >= 0.3 is 0 Å². The summed E-state index contributed by atoms with van der Waals surface area (Å²) in [5, 5.41) is 3.97. The summed E-state index contributed by atoms with van der Waals surface area (Å²) in [4.78, 5) is 8.48. The lowest BCUT2D eigenvalue weighted by molar-refractivity contribution is 0.306. The zero-order chi connectivity index (χ0) is 20.1. The molecule has 2 aromatic carbocycles. The van der Waals surface area contributed by atoms with Gasteiger partial charge in [0.15, 0.2) is 5.13 Å². The summed E-state index contributed by atoms with van der Waals surface area (Å²) in [6.45, 7) is 0.506. The van der Waals surface area contributed by atoms with Crippen molar-refractivity contribution in [3.63, 3.8) is 0 Å². The number of aromatic nitrogens is 2. The van der Waals surface area contributed by atoms with Crippen LogP contribution >= 0.6 is 27.3 Å². The lowest BCUT2D eigenvalue weighted by atomic mass is 10.1. The molecule has 1 aliphatic carbocycles. The van der Waals surface area contributed by atoms with Gasteiger partial charge in [-0.3, -0.25) is 4.98 Å². The molecule has 1 N–H and O–H groups in total. The van der Waals surface area contributed by atoms with E-state index in [2.05, 4.69) is 55.5 Å². The maximum absolute atomic E-state index is 5.82. The number of ether oxygens (including phenoxy) is 1. The van der Waals surface area contributed by atoms with E-state index in [1.165, 1.54) is 19.3 Å². The van der Waals surface area contributed by atoms with Crippen molar-refractivity contribution in [1.29, 1.82) is 0 Å². The maximum Gasteiger partial charge on any atom is 0.183 e. The van der Waals surface area contributed by atoms with Crippen molar-refractivity contribution in [2.75, 3.05) is 12.4 Å². The molecule has 0 aliphatic heterocycles. The fraction of sp³-hybridized carbons (Fsp3) is 0.217. The predicted molar refractivity (Wildman–Crippen MR) is 124 cm³/mol. The number of halogens is 1.